The van der Waals surface area contributed by atoms with E-state index in [0.29, 0.717) is 40.7 Å². The lowest BCUT2D eigenvalue weighted by molar-refractivity contribution is -0.271. The van der Waals surface area contributed by atoms with E-state index in [4.69, 9.17) is 14.6 Å². The molecular formula is C28H34F3N3O8S. The van der Waals surface area contributed by atoms with E-state index in [9.17, 15) is 38.4 Å². The number of β-amino-alcohol motifs (C(OH)–C–C–N with tert-alkyl or cyclic N) is 1. The first kappa shape index (κ1) is 31.8. The average Bonchev–Trinajstić information content (AvgIpc) is 2.97. The summed E-state index contributed by atoms with van der Waals surface area (Å²) < 4.78 is 51.8. The number of halogens is 3. The highest BCUT2D eigenvalue weighted by Gasteiger charge is 2.48. The number of aliphatic hydroxyl groups excluding tert-OH is 4. The van der Waals surface area contributed by atoms with Crippen molar-refractivity contribution < 1.29 is 53.0 Å². The predicted molar refractivity (Wildman–Crippen MR) is 149 cm³/mol. The molecule has 0 unspecified atom stereocenters. The van der Waals surface area contributed by atoms with Gasteiger partial charge in [-0.3, -0.25) is 4.90 Å². The maximum absolute atomic E-state index is 13.6. The third-order valence-electron chi connectivity index (χ3n) is 7.82. The monoisotopic (exact) mass is 629 g/mol. The van der Waals surface area contributed by atoms with Crippen LogP contribution in [0.1, 0.15) is 12.0 Å². The van der Waals surface area contributed by atoms with Crippen molar-refractivity contribution >= 4 is 29.1 Å². The molecule has 0 spiro atoms. The summed E-state index contributed by atoms with van der Waals surface area (Å²) in [4.78, 5) is 19.0. The van der Waals surface area contributed by atoms with Gasteiger partial charge in [-0.25, -0.2) is 4.79 Å². The Bertz CT molecular complexity index is 1300. The van der Waals surface area contributed by atoms with Gasteiger partial charge in [0.15, 0.2) is 6.10 Å². The van der Waals surface area contributed by atoms with Crippen LogP contribution < -0.4 is 9.64 Å². The fourth-order valence-corrected chi connectivity index (χ4v) is 6.57. The van der Waals surface area contributed by atoms with Crippen molar-refractivity contribution in [3.05, 3.63) is 42.0 Å². The van der Waals surface area contributed by atoms with Crippen LogP contribution in [0.2, 0.25) is 0 Å². The van der Waals surface area contributed by atoms with E-state index in [2.05, 4.69) is 9.80 Å². The van der Waals surface area contributed by atoms with Crippen molar-refractivity contribution in [3.63, 3.8) is 0 Å². The zero-order chi connectivity index (χ0) is 30.9. The molecule has 3 heterocycles. The fraction of sp³-hybridized carbons (Fsp3) is 0.536. The Labute approximate surface area is 250 Å². The number of alkyl halides is 3. The average molecular weight is 630 g/mol. The van der Waals surface area contributed by atoms with Gasteiger partial charge in [-0.05, 0) is 49.4 Å². The first-order valence-electron chi connectivity index (χ1n) is 13.9. The van der Waals surface area contributed by atoms with E-state index < -0.39 is 48.4 Å². The smallest absolute Gasteiger partial charge is 0.416 e. The molecule has 5 atom stereocenters. The summed E-state index contributed by atoms with van der Waals surface area (Å²) in [5.74, 6) is -1.37. The fourth-order valence-electron chi connectivity index (χ4n) is 5.47. The van der Waals surface area contributed by atoms with E-state index in [1.807, 2.05) is 4.90 Å². The minimum Gasteiger partial charge on any atom is -0.479 e. The van der Waals surface area contributed by atoms with Crippen molar-refractivity contribution in [1.82, 2.24) is 9.80 Å². The lowest BCUT2D eigenvalue weighted by atomic mass is 9.99. The summed E-state index contributed by atoms with van der Waals surface area (Å²) in [7, 11) is 0. The summed E-state index contributed by atoms with van der Waals surface area (Å²) in [6.45, 7) is 5.29. The molecule has 0 aliphatic carbocycles. The summed E-state index contributed by atoms with van der Waals surface area (Å²) in [6.07, 6.45) is -12.7. The Morgan fingerprint density at radius 1 is 0.907 bits per heavy atom. The number of rotatable bonds is 9. The zero-order valence-electron chi connectivity index (χ0n) is 23.1. The van der Waals surface area contributed by atoms with Gasteiger partial charge in [0, 0.05) is 49.1 Å². The summed E-state index contributed by atoms with van der Waals surface area (Å²) >= 11 is 1.24. The first-order valence-corrected chi connectivity index (χ1v) is 14.7. The number of nitrogens with zero attached hydrogens (tertiary/aromatic N) is 3. The molecule has 3 aliphatic rings. The van der Waals surface area contributed by atoms with Crippen molar-refractivity contribution in [2.45, 2.75) is 53.1 Å². The van der Waals surface area contributed by atoms with Gasteiger partial charge in [-0.15, -0.1) is 0 Å². The lowest BCUT2D eigenvalue weighted by Gasteiger charge is -2.38. The number of piperazine rings is 1. The first-order chi connectivity index (χ1) is 20.5. The van der Waals surface area contributed by atoms with Gasteiger partial charge >= 0.3 is 12.1 Å². The highest BCUT2D eigenvalue weighted by atomic mass is 32.2. The molecule has 0 saturated carbocycles. The number of anilines is 2. The van der Waals surface area contributed by atoms with Crippen LogP contribution >= 0.6 is 11.8 Å². The number of fused-ring (bicyclic) bond motifs is 2. The number of aliphatic carboxylic acids is 1. The van der Waals surface area contributed by atoms with Crippen molar-refractivity contribution in [2.75, 3.05) is 57.3 Å². The van der Waals surface area contributed by atoms with Gasteiger partial charge in [0.05, 0.1) is 23.5 Å². The van der Waals surface area contributed by atoms with Gasteiger partial charge in [0.1, 0.15) is 24.1 Å². The molecule has 2 saturated heterocycles. The summed E-state index contributed by atoms with van der Waals surface area (Å²) in [5.41, 5.74) is 0.333. The van der Waals surface area contributed by atoms with Crippen LogP contribution in [-0.2, 0) is 15.7 Å². The Morgan fingerprint density at radius 3 is 2.26 bits per heavy atom. The van der Waals surface area contributed by atoms with Crippen LogP contribution in [0, 0.1) is 0 Å². The number of hydrogen-bond acceptors (Lipinski definition) is 11. The molecule has 3 aliphatic heterocycles. The number of carbonyl (C=O) groups is 1. The Kier molecular flexibility index (Phi) is 9.73. The Morgan fingerprint density at radius 2 is 1.60 bits per heavy atom. The molecule has 0 amide bonds. The van der Waals surface area contributed by atoms with E-state index in [1.54, 1.807) is 12.1 Å². The van der Waals surface area contributed by atoms with Gasteiger partial charge in [0.2, 0.25) is 6.29 Å². The van der Waals surface area contributed by atoms with Crippen molar-refractivity contribution in [2.24, 2.45) is 0 Å². The molecule has 236 valence electrons. The molecule has 0 aromatic heterocycles. The van der Waals surface area contributed by atoms with Crippen molar-refractivity contribution in [1.29, 1.82) is 0 Å². The zero-order valence-corrected chi connectivity index (χ0v) is 23.9. The highest BCUT2D eigenvalue weighted by Crippen LogP contribution is 2.50. The highest BCUT2D eigenvalue weighted by molar-refractivity contribution is 7.99. The van der Waals surface area contributed by atoms with Crippen LogP contribution in [0.3, 0.4) is 0 Å². The second kappa shape index (κ2) is 13.2. The second-order valence-corrected chi connectivity index (χ2v) is 11.8. The number of aliphatic hydroxyl groups is 4. The molecule has 15 heteroatoms. The third-order valence-corrected chi connectivity index (χ3v) is 8.93. The molecule has 5 N–H and O–H groups in total. The third kappa shape index (κ3) is 7.04. The normalized spacial score (nSPS) is 26.6. The number of carboxylic acids is 1. The van der Waals surface area contributed by atoms with E-state index in [1.165, 1.54) is 23.9 Å². The van der Waals surface area contributed by atoms with Gasteiger partial charge in [0.25, 0.3) is 0 Å². The van der Waals surface area contributed by atoms with Crippen LogP contribution in [0.5, 0.6) is 5.75 Å². The van der Waals surface area contributed by atoms with Crippen LogP contribution in [-0.4, -0.2) is 124 Å². The largest absolute Gasteiger partial charge is 0.479 e. The van der Waals surface area contributed by atoms with E-state index in [0.717, 1.165) is 44.9 Å². The van der Waals surface area contributed by atoms with Gasteiger partial charge < -0.3 is 44.8 Å². The lowest BCUT2D eigenvalue weighted by Crippen LogP contribution is -2.61. The minimum atomic E-state index is -4.51. The maximum atomic E-state index is 13.6. The molecule has 2 aromatic rings. The molecule has 2 fully saturated rings. The van der Waals surface area contributed by atoms with Crippen LogP contribution in [0.4, 0.5) is 24.5 Å². The summed E-state index contributed by atoms with van der Waals surface area (Å²) in [5, 5.41) is 48.9. The Balaban J connectivity index is 1.35. The van der Waals surface area contributed by atoms with E-state index in [-0.39, 0.29) is 12.4 Å². The van der Waals surface area contributed by atoms with Crippen LogP contribution in [0.15, 0.2) is 46.2 Å². The van der Waals surface area contributed by atoms with Crippen LogP contribution in [0.25, 0.3) is 0 Å². The number of carboxylic acid groups (broad SMARTS) is 1. The number of ether oxygens (including phenoxy) is 2. The van der Waals surface area contributed by atoms with E-state index >= 15 is 0 Å². The van der Waals surface area contributed by atoms with Crippen molar-refractivity contribution in [3.8, 4) is 5.75 Å². The number of hydrogen-bond donors (Lipinski definition) is 5. The maximum Gasteiger partial charge on any atom is 0.416 e. The molecule has 2 aromatic carbocycles. The molecular weight excluding hydrogens is 595 g/mol. The molecule has 0 radical (unpaired) electrons. The minimum absolute atomic E-state index is 0.112. The topological polar surface area (TPSA) is 146 Å². The molecule has 43 heavy (non-hydrogen) atoms. The molecule has 11 nitrogen and oxygen atoms in total. The molecule has 5 rings (SSSR count). The Hall–Kier alpha value is -2.63. The van der Waals surface area contributed by atoms with Gasteiger partial charge in [-0.2, -0.15) is 13.2 Å². The SMILES string of the molecule is O=C(O)[C@H]1O[C@@H](Oc2ccc3c(c2)Sc2ccc(C(F)(F)F)cc2N3CCCN2CCN(CCO)CC2)[C@H](O)[C@@H](O)[C@@H]1O. The second-order valence-electron chi connectivity index (χ2n) is 10.7. The standard InChI is InChI=1S/C28H34F3N3O8S/c29-28(30,31)16-2-5-20-19(14-16)34(7-1-6-32-8-10-33(11-9-32)12-13-35)18-4-3-17(15-21(18)43-20)41-27-24(38)22(36)23(37)25(42-27)26(39)40/h2-5,14-15,22-25,27,35-38H,1,6-13H2,(H,39,40)/t22-,23-,24+,25-,27+/m0/s1. The predicted octanol–water partition coefficient (Wildman–Crippen LogP) is 1.58. The van der Waals surface area contributed by atoms with Gasteiger partial charge in [-0.1, -0.05) is 11.8 Å². The number of benzene rings is 2. The quantitative estimate of drug-likeness (QED) is 0.275. The molecule has 0 bridgehead atoms. The summed E-state index contributed by atoms with van der Waals surface area (Å²) in [6, 6.07) is 8.41.